The van der Waals surface area contributed by atoms with Gasteiger partial charge in [-0.05, 0) is 43.5 Å². The van der Waals surface area contributed by atoms with Gasteiger partial charge in [0.25, 0.3) is 0 Å². The molecular weight excluding hydrogens is 279 g/mol. The lowest BCUT2D eigenvalue weighted by Gasteiger charge is -2.12. The van der Waals surface area contributed by atoms with Crippen LogP contribution < -0.4 is 10.0 Å². The van der Waals surface area contributed by atoms with E-state index in [0.29, 0.717) is 19.0 Å². The molecule has 2 N–H and O–H groups in total. The molecule has 1 aliphatic rings. The van der Waals surface area contributed by atoms with E-state index in [9.17, 15) is 12.8 Å². The molecule has 0 bridgehead atoms. The van der Waals surface area contributed by atoms with Crippen molar-refractivity contribution in [3.8, 4) is 0 Å². The molecule has 0 atom stereocenters. The fourth-order valence-electron chi connectivity index (χ4n) is 2.60. The van der Waals surface area contributed by atoms with E-state index < -0.39 is 15.8 Å². The molecule has 20 heavy (non-hydrogen) atoms. The molecule has 112 valence electrons. The third-order valence-corrected chi connectivity index (χ3v) is 5.16. The summed E-state index contributed by atoms with van der Waals surface area (Å²) in [6.07, 6.45) is 4.40. The van der Waals surface area contributed by atoms with Crippen LogP contribution in [0.15, 0.2) is 23.1 Å². The van der Waals surface area contributed by atoms with Crippen LogP contribution in [0, 0.1) is 11.7 Å². The molecular formula is C14H21FN2O2S. The first kappa shape index (κ1) is 15.4. The van der Waals surface area contributed by atoms with E-state index in [2.05, 4.69) is 10.0 Å². The maximum absolute atomic E-state index is 13.9. The van der Waals surface area contributed by atoms with E-state index in [-0.39, 0.29) is 4.90 Å². The number of sulfonamides is 1. The third kappa shape index (κ3) is 3.77. The van der Waals surface area contributed by atoms with Crippen LogP contribution in [0.3, 0.4) is 0 Å². The predicted octanol–water partition coefficient (Wildman–Crippen LogP) is 2.01. The highest BCUT2D eigenvalue weighted by molar-refractivity contribution is 7.89. The maximum Gasteiger partial charge on any atom is 0.243 e. The molecule has 1 saturated carbocycles. The molecule has 2 rings (SSSR count). The topological polar surface area (TPSA) is 58.2 Å². The highest BCUT2D eigenvalue weighted by atomic mass is 32.2. The van der Waals surface area contributed by atoms with Gasteiger partial charge in [0.2, 0.25) is 10.0 Å². The third-order valence-electron chi connectivity index (χ3n) is 3.70. The van der Waals surface area contributed by atoms with Crippen molar-refractivity contribution in [3.05, 3.63) is 29.6 Å². The number of halogens is 1. The van der Waals surface area contributed by atoms with Gasteiger partial charge in [-0.25, -0.2) is 17.5 Å². The minimum Gasteiger partial charge on any atom is -0.316 e. The minimum atomic E-state index is -3.76. The highest BCUT2D eigenvalue weighted by Crippen LogP contribution is 2.24. The molecule has 0 aromatic heterocycles. The molecule has 1 fully saturated rings. The lowest BCUT2D eigenvalue weighted by Crippen LogP contribution is -2.29. The molecule has 0 saturated heterocycles. The van der Waals surface area contributed by atoms with Crippen molar-refractivity contribution < 1.29 is 12.8 Å². The van der Waals surface area contributed by atoms with Crippen LogP contribution >= 0.6 is 0 Å². The molecule has 0 unspecified atom stereocenters. The average molecular weight is 300 g/mol. The summed E-state index contributed by atoms with van der Waals surface area (Å²) in [6, 6.07) is 4.23. The van der Waals surface area contributed by atoms with E-state index in [0.717, 1.165) is 31.2 Å². The summed E-state index contributed by atoms with van der Waals surface area (Å²) >= 11 is 0. The van der Waals surface area contributed by atoms with Gasteiger partial charge in [-0.3, -0.25) is 0 Å². The van der Waals surface area contributed by atoms with Gasteiger partial charge in [0.15, 0.2) is 0 Å². The van der Waals surface area contributed by atoms with Crippen molar-refractivity contribution >= 4 is 10.0 Å². The molecule has 0 radical (unpaired) electrons. The second-order valence-electron chi connectivity index (χ2n) is 5.30. The number of hydrogen-bond donors (Lipinski definition) is 2. The summed E-state index contributed by atoms with van der Waals surface area (Å²) in [7, 11) is -2.00. The summed E-state index contributed by atoms with van der Waals surface area (Å²) in [5, 5.41) is 2.90. The fourth-order valence-corrected chi connectivity index (χ4v) is 3.77. The smallest absolute Gasteiger partial charge is 0.243 e. The summed E-state index contributed by atoms with van der Waals surface area (Å²) < 4.78 is 40.7. The number of benzene rings is 1. The van der Waals surface area contributed by atoms with Gasteiger partial charge in [-0.2, -0.15) is 0 Å². The van der Waals surface area contributed by atoms with E-state index in [1.807, 2.05) is 0 Å². The standard InChI is InChI=1S/C14H21FN2O2S/c1-16-9-12-6-7-14(13(15)8-12)20(18,19)17-10-11-4-2-3-5-11/h6-8,11,16-17H,2-5,9-10H2,1H3. The Kier molecular flexibility index (Phi) is 5.12. The van der Waals surface area contributed by atoms with Crippen molar-refractivity contribution in [3.63, 3.8) is 0 Å². The van der Waals surface area contributed by atoms with E-state index >= 15 is 0 Å². The highest BCUT2D eigenvalue weighted by Gasteiger charge is 2.22. The molecule has 0 spiro atoms. The summed E-state index contributed by atoms with van der Waals surface area (Å²) in [6.45, 7) is 0.910. The van der Waals surface area contributed by atoms with Crippen LogP contribution in [-0.2, 0) is 16.6 Å². The second-order valence-corrected chi connectivity index (χ2v) is 7.03. The zero-order chi connectivity index (χ0) is 14.6. The Bertz CT molecular complexity index is 554. The van der Waals surface area contributed by atoms with Gasteiger partial charge >= 0.3 is 0 Å². The summed E-state index contributed by atoms with van der Waals surface area (Å²) in [5.74, 6) is -0.312. The van der Waals surface area contributed by atoms with Crippen LogP contribution in [-0.4, -0.2) is 22.0 Å². The predicted molar refractivity (Wildman–Crippen MR) is 76.3 cm³/mol. The van der Waals surface area contributed by atoms with E-state index in [1.54, 1.807) is 13.1 Å². The van der Waals surface area contributed by atoms with Crippen LogP contribution in [0.4, 0.5) is 4.39 Å². The van der Waals surface area contributed by atoms with Crippen LogP contribution in [0.1, 0.15) is 31.2 Å². The Morgan fingerprint density at radius 3 is 2.60 bits per heavy atom. The first-order valence-corrected chi connectivity index (χ1v) is 8.44. The molecule has 6 heteroatoms. The number of nitrogens with one attached hydrogen (secondary N) is 2. The lowest BCUT2D eigenvalue weighted by molar-refractivity contribution is 0.513. The normalized spacial score (nSPS) is 16.7. The average Bonchev–Trinajstić information content (AvgIpc) is 2.90. The minimum absolute atomic E-state index is 0.268. The largest absolute Gasteiger partial charge is 0.316 e. The molecule has 0 amide bonds. The molecule has 1 aromatic carbocycles. The van der Waals surface area contributed by atoms with Gasteiger partial charge < -0.3 is 5.32 Å². The monoisotopic (exact) mass is 300 g/mol. The van der Waals surface area contributed by atoms with Crippen molar-refractivity contribution in [1.29, 1.82) is 0 Å². The lowest BCUT2D eigenvalue weighted by atomic mass is 10.1. The van der Waals surface area contributed by atoms with Gasteiger partial charge in [0.05, 0.1) is 0 Å². The van der Waals surface area contributed by atoms with Crippen LogP contribution in [0.2, 0.25) is 0 Å². The summed E-state index contributed by atoms with van der Waals surface area (Å²) in [5.41, 5.74) is 0.722. The van der Waals surface area contributed by atoms with Crippen molar-refractivity contribution in [1.82, 2.24) is 10.0 Å². The molecule has 1 aliphatic carbocycles. The number of hydrogen-bond acceptors (Lipinski definition) is 3. The first-order chi connectivity index (χ1) is 9.53. The Morgan fingerprint density at radius 1 is 1.30 bits per heavy atom. The molecule has 0 aliphatic heterocycles. The second kappa shape index (κ2) is 6.65. The van der Waals surface area contributed by atoms with Gasteiger partial charge in [-0.1, -0.05) is 18.9 Å². The van der Waals surface area contributed by atoms with Gasteiger partial charge in [0, 0.05) is 13.1 Å². The SMILES string of the molecule is CNCc1ccc(S(=O)(=O)NCC2CCCC2)c(F)c1. The maximum atomic E-state index is 13.9. The Morgan fingerprint density at radius 2 is 2.00 bits per heavy atom. The Balaban J connectivity index is 2.08. The molecule has 0 heterocycles. The van der Waals surface area contributed by atoms with Gasteiger partial charge in [0.1, 0.15) is 10.7 Å². The quantitative estimate of drug-likeness (QED) is 0.845. The Labute approximate surface area is 119 Å². The van der Waals surface area contributed by atoms with E-state index in [1.165, 1.54) is 12.1 Å². The van der Waals surface area contributed by atoms with Crippen molar-refractivity contribution in [2.24, 2.45) is 5.92 Å². The molecule has 1 aromatic rings. The zero-order valence-corrected chi connectivity index (χ0v) is 12.5. The fraction of sp³-hybridized carbons (Fsp3) is 0.571. The van der Waals surface area contributed by atoms with E-state index in [4.69, 9.17) is 0 Å². The Hall–Kier alpha value is -0.980. The van der Waals surface area contributed by atoms with Crippen LogP contribution in [0.5, 0.6) is 0 Å². The number of rotatable bonds is 6. The molecule has 4 nitrogen and oxygen atoms in total. The first-order valence-electron chi connectivity index (χ1n) is 6.95. The zero-order valence-electron chi connectivity index (χ0n) is 11.7. The summed E-state index contributed by atoms with van der Waals surface area (Å²) in [4.78, 5) is -0.268. The van der Waals surface area contributed by atoms with Crippen LogP contribution in [0.25, 0.3) is 0 Å². The van der Waals surface area contributed by atoms with Crippen molar-refractivity contribution in [2.45, 2.75) is 37.1 Å². The van der Waals surface area contributed by atoms with Gasteiger partial charge in [-0.15, -0.1) is 0 Å². The van der Waals surface area contributed by atoms with Crippen molar-refractivity contribution in [2.75, 3.05) is 13.6 Å².